The summed E-state index contributed by atoms with van der Waals surface area (Å²) in [5.41, 5.74) is 0.654. The van der Waals surface area contributed by atoms with E-state index < -0.39 is 42.1 Å². The number of halogens is 2. The molecule has 5 aromatic rings. The van der Waals surface area contributed by atoms with E-state index in [0.717, 1.165) is 27.1 Å². The largest absolute Gasteiger partial charge is 0.394 e. The number of aliphatic hydroxyl groups is 2. The van der Waals surface area contributed by atoms with Gasteiger partial charge >= 0.3 is 0 Å². The average Bonchev–Trinajstić information content (AvgIpc) is 3.46. The van der Waals surface area contributed by atoms with Crippen molar-refractivity contribution in [3.05, 3.63) is 98.5 Å². The topological polar surface area (TPSA) is 129 Å². The Balaban J connectivity index is 1.70. The highest BCUT2D eigenvalue weighted by atomic mass is 32.1. The van der Waals surface area contributed by atoms with E-state index >= 15 is 0 Å². The van der Waals surface area contributed by atoms with Crippen molar-refractivity contribution in [1.29, 1.82) is 0 Å². The Kier molecular flexibility index (Phi) is 8.15. The molecule has 1 amide bonds. The van der Waals surface area contributed by atoms with Crippen LogP contribution in [-0.4, -0.2) is 49.9 Å². The highest BCUT2D eigenvalue weighted by Gasteiger charge is 2.21. The monoisotopic (exact) mass is 577 g/mol. The van der Waals surface area contributed by atoms with Gasteiger partial charge in [0.2, 0.25) is 11.9 Å². The van der Waals surface area contributed by atoms with Crippen LogP contribution in [0.4, 0.5) is 20.4 Å². The van der Waals surface area contributed by atoms with Gasteiger partial charge in [-0.15, -0.1) is 11.3 Å². The summed E-state index contributed by atoms with van der Waals surface area (Å²) >= 11 is 1.48. The number of pyridine rings is 1. The van der Waals surface area contributed by atoms with Crippen LogP contribution < -0.4 is 16.2 Å². The van der Waals surface area contributed by atoms with Gasteiger partial charge < -0.3 is 20.8 Å². The molecular weight excluding hydrogens is 552 g/mol. The molecule has 0 aliphatic carbocycles. The number of carbonyl (C=O) groups is 1. The number of aryl methyl sites for hydroxylation is 1. The Bertz CT molecular complexity index is 1770. The highest BCUT2D eigenvalue weighted by Crippen LogP contribution is 2.33. The summed E-state index contributed by atoms with van der Waals surface area (Å²) in [4.78, 5) is 35.6. The maximum absolute atomic E-state index is 14.9. The first-order chi connectivity index (χ1) is 19.8. The minimum absolute atomic E-state index is 0.0942. The molecule has 0 radical (unpaired) electrons. The average molecular weight is 578 g/mol. The zero-order valence-corrected chi connectivity index (χ0v) is 22.6. The van der Waals surface area contributed by atoms with Crippen LogP contribution in [0.5, 0.6) is 0 Å². The van der Waals surface area contributed by atoms with Crippen LogP contribution in [0.15, 0.2) is 70.8 Å². The lowest BCUT2D eigenvalue weighted by atomic mass is 10.0. The molecule has 0 saturated carbocycles. The van der Waals surface area contributed by atoms with Gasteiger partial charge in [-0.05, 0) is 54.3 Å². The van der Waals surface area contributed by atoms with Gasteiger partial charge in [0.1, 0.15) is 17.3 Å². The van der Waals surface area contributed by atoms with Gasteiger partial charge in [0, 0.05) is 27.6 Å². The van der Waals surface area contributed by atoms with Gasteiger partial charge in [0.05, 0.1) is 31.4 Å². The molecule has 2 aromatic carbocycles. The third-order valence-corrected chi connectivity index (χ3v) is 7.25. The lowest BCUT2D eigenvalue weighted by Crippen LogP contribution is -2.29. The third-order valence-electron chi connectivity index (χ3n) is 6.38. The molecule has 3 heterocycles. The Hall–Kier alpha value is -4.52. The van der Waals surface area contributed by atoms with Gasteiger partial charge in [-0.3, -0.25) is 14.2 Å². The van der Waals surface area contributed by atoms with Crippen LogP contribution in [0.2, 0.25) is 0 Å². The molecule has 41 heavy (non-hydrogen) atoms. The maximum atomic E-state index is 14.9. The first kappa shape index (κ1) is 28.0. The van der Waals surface area contributed by atoms with Crippen molar-refractivity contribution in [1.82, 2.24) is 14.5 Å². The molecule has 0 aliphatic rings. The van der Waals surface area contributed by atoms with Gasteiger partial charge in [-0.1, -0.05) is 18.2 Å². The molecule has 9 nitrogen and oxygen atoms in total. The number of fused-ring (bicyclic) bond motifs is 1. The smallest absolute Gasteiger partial charge is 0.256 e. The minimum atomic E-state index is -0.968. The molecule has 0 atom stereocenters. The Morgan fingerprint density at radius 1 is 1.02 bits per heavy atom. The van der Waals surface area contributed by atoms with Crippen molar-refractivity contribution < 1.29 is 23.8 Å². The van der Waals surface area contributed by atoms with Crippen LogP contribution in [0, 0.1) is 18.6 Å². The van der Waals surface area contributed by atoms with Gasteiger partial charge in [0.15, 0.2) is 5.65 Å². The van der Waals surface area contributed by atoms with Crippen molar-refractivity contribution in [2.24, 2.45) is 0 Å². The Morgan fingerprint density at radius 2 is 1.78 bits per heavy atom. The van der Waals surface area contributed by atoms with E-state index in [1.807, 2.05) is 24.4 Å². The number of amides is 1. The fourth-order valence-electron chi connectivity index (χ4n) is 4.37. The summed E-state index contributed by atoms with van der Waals surface area (Å²) in [5.74, 6) is -2.24. The summed E-state index contributed by atoms with van der Waals surface area (Å²) < 4.78 is 30.6. The summed E-state index contributed by atoms with van der Waals surface area (Å²) in [6, 6.07) is 14.0. The van der Waals surface area contributed by atoms with Gasteiger partial charge in [-0.2, -0.15) is 4.98 Å². The molecule has 4 N–H and O–H groups in total. The summed E-state index contributed by atoms with van der Waals surface area (Å²) in [7, 11) is 0. The zero-order valence-electron chi connectivity index (χ0n) is 21.8. The van der Waals surface area contributed by atoms with E-state index in [1.54, 1.807) is 18.2 Å². The van der Waals surface area contributed by atoms with E-state index in [4.69, 9.17) is 0 Å². The van der Waals surface area contributed by atoms with Crippen molar-refractivity contribution >= 4 is 39.9 Å². The SMILES string of the molecule is Cc1ccc(NC(=O)Cc2cccs2)cc1-c1nc(NC(CO)CO)nc2c1ccc(=O)n2-c1c(F)cccc1F. The number of benzene rings is 2. The molecule has 5 rings (SSSR count). The van der Waals surface area contributed by atoms with Crippen LogP contribution in [0.1, 0.15) is 10.4 Å². The fourth-order valence-corrected chi connectivity index (χ4v) is 5.07. The Morgan fingerprint density at radius 3 is 2.46 bits per heavy atom. The zero-order chi connectivity index (χ0) is 29.1. The number of nitrogens with one attached hydrogen (secondary N) is 2. The normalized spacial score (nSPS) is 11.3. The Labute approximate surface area is 236 Å². The third kappa shape index (κ3) is 5.85. The predicted molar refractivity (Wildman–Crippen MR) is 153 cm³/mol. The van der Waals surface area contributed by atoms with Crippen LogP contribution in [0.3, 0.4) is 0 Å². The molecule has 0 spiro atoms. The molecule has 210 valence electrons. The highest BCUT2D eigenvalue weighted by molar-refractivity contribution is 7.10. The standard InChI is InChI=1S/C29H25F2N5O4S/c1-16-7-8-17(32-24(39)13-19-4-3-11-41-19)12-21(16)26-20-9-10-25(40)36(27-22(30)5-2-6-23(27)31)28(20)35-29(34-26)33-18(14-37)15-38/h2-12,18,37-38H,13-15H2,1H3,(H,32,39)(H,33,34,35). The number of nitrogens with zero attached hydrogens (tertiary/aromatic N) is 3. The van der Waals surface area contributed by atoms with Crippen molar-refractivity contribution in [2.75, 3.05) is 23.8 Å². The molecule has 0 bridgehead atoms. The van der Waals surface area contributed by atoms with Gasteiger partial charge in [0.25, 0.3) is 5.56 Å². The summed E-state index contributed by atoms with van der Waals surface area (Å²) in [6.07, 6.45) is 0.204. The molecule has 0 saturated heterocycles. The van der Waals surface area contributed by atoms with E-state index in [2.05, 4.69) is 20.6 Å². The van der Waals surface area contributed by atoms with Crippen LogP contribution in [0.25, 0.3) is 28.0 Å². The van der Waals surface area contributed by atoms with E-state index in [1.165, 1.54) is 29.5 Å². The van der Waals surface area contributed by atoms with Gasteiger partial charge in [-0.25, -0.2) is 13.8 Å². The lowest BCUT2D eigenvalue weighted by molar-refractivity contribution is -0.115. The molecular formula is C29H25F2N5O4S. The first-order valence-electron chi connectivity index (χ1n) is 12.6. The minimum Gasteiger partial charge on any atom is -0.394 e. The van der Waals surface area contributed by atoms with Crippen LogP contribution >= 0.6 is 11.3 Å². The van der Waals surface area contributed by atoms with E-state index in [9.17, 15) is 28.6 Å². The number of aliphatic hydroxyl groups excluding tert-OH is 2. The van der Waals surface area contributed by atoms with Crippen molar-refractivity contribution in [2.45, 2.75) is 19.4 Å². The quantitative estimate of drug-likeness (QED) is 0.208. The number of hydrogen-bond acceptors (Lipinski definition) is 8. The molecule has 0 aliphatic heterocycles. The van der Waals surface area contributed by atoms with Crippen LogP contribution in [-0.2, 0) is 11.2 Å². The number of hydrogen-bond donors (Lipinski definition) is 4. The molecule has 0 fully saturated rings. The molecule has 0 unspecified atom stereocenters. The number of para-hydroxylation sites is 1. The van der Waals surface area contributed by atoms with E-state index in [-0.39, 0.29) is 23.9 Å². The maximum Gasteiger partial charge on any atom is 0.256 e. The summed E-state index contributed by atoms with van der Waals surface area (Å²) in [6.45, 7) is 0.910. The van der Waals surface area contributed by atoms with Crippen molar-refractivity contribution in [3.63, 3.8) is 0 Å². The lowest BCUT2D eigenvalue weighted by Gasteiger charge is -2.18. The number of thiophene rings is 1. The second-order valence-electron chi connectivity index (χ2n) is 9.25. The molecule has 12 heteroatoms. The second-order valence-corrected chi connectivity index (χ2v) is 10.3. The number of rotatable bonds is 9. The van der Waals surface area contributed by atoms with E-state index in [0.29, 0.717) is 22.3 Å². The predicted octanol–water partition coefficient (Wildman–Crippen LogP) is 4.04. The first-order valence-corrected chi connectivity index (χ1v) is 13.5. The molecule has 3 aromatic heterocycles. The number of anilines is 2. The van der Waals surface area contributed by atoms with Crippen molar-refractivity contribution in [3.8, 4) is 16.9 Å². The fraction of sp³-hybridized carbons (Fsp3) is 0.172. The number of carbonyl (C=O) groups excluding carboxylic acids is 1. The summed E-state index contributed by atoms with van der Waals surface area (Å²) in [5, 5.41) is 27.1. The second kappa shape index (κ2) is 11.9. The number of aromatic nitrogens is 3.